The van der Waals surface area contributed by atoms with Crippen molar-refractivity contribution in [2.24, 2.45) is 0 Å². The lowest BCUT2D eigenvalue weighted by molar-refractivity contribution is 0.195. The number of nitrogens with zero attached hydrogens (tertiary/aromatic N) is 1. The summed E-state index contributed by atoms with van der Waals surface area (Å²) < 4.78 is 0. The summed E-state index contributed by atoms with van der Waals surface area (Å²) in [7, 11) is 0. The second-order valence-corrected chi connectivity index (χ2v) is 5.78. The van der Waals surface area contributed by atoms with E-state index in [1.165, 1.54) is 6.33 Å². The van der Waals surface area contributed by atoms with Crippen LogP contribution in [0.5, 0.6) is 0 Å². The van der Waals surface area contributed by atoms with Crippen LogP contribution in [0.15, 0.2) is 17.3 Å². The van der Waals surface area contributed by atoms with Crippen molar-refractivity contribution in [3.63, 3.8) is 0 Å². The fourth-order valence-corrected chi connectivity index (χ4v) is 2.78. The Balaban J connectivity index is 1.84. The Kier molecular flexibility index (Phi) is 5.63. The number of rotatable bonds is 8. The first-order valence-corrected chi connectivity index (χ1v) is 7.88. The van der Waals surface area contributed by atoms with E-state index in [0.717, 1.165) is 23.5 Å². The van der Waals surface area contributed by atoms with Crippen LogP contribution < -0.4 is 10.9 Å². The van der Waals surface area contributed by atoms with Crippen molar-refractivity contribution in [2.45, 2.75) is 26.0 Å². The summed E-state index contributed by atoms with van der Waals surface area (Å²) in [5, 5.41) is 13.0. The van der Waals surface area contributed by atoms with Gasteiger partial charge in [-0.05, 0) is 12.2 Å². The summed E-state index contributed by atoms with van der Waals surface area (Å²) in [5.74, 6) is 1.82. The van der Waals surface area contributed by atoms with Gasteiger partial charge in [-0.25, -0.2) is 4.98 Å². The summed E-state index contributed by atoms with van der Waals surface area (Å²) in [6.45, 7) is 3.24. The molecule has 0 fully saturated rings. The van der Waals surface area contributed by atoms with Gasteiger partial charge in [-0.15, -0.1) is 0 Å². The first-order valence-electron chi connectivity index (χ1n) is 6.72. The standard InChI is InChI=1S/C13H20N4O2S/c1-2-3-20-7-10(18)6-14-4-9-5-15-12-11(9)16-8-17-13(12)19/h5,8,10,14-15,18H,2-4,6-7H2,1H3,(H,16,17,19)/t10-/m1/s1. The summed E-state index contributed by atoms with van der Waals surface area (Å²) in [6, 6.07) is 0. The average molecular weight is 296 g/mol. The van der Waals surface area contributed by atoms with E-state index in [0.29, 0.717) is 24.1 Å². The fraction of sp³-hybridized carbons (Fsp3) is 0.538. The van der Waals surface area contributed by atoms with Gasteiger partial charge in [0.15, 0.2) is 0 Å². The number of aliphatic hydroxyl groups is 1. The van der Waals surface area contributed by atoms with Crippen LogP contribution in [0.4, 0.5) is 0 Å². The molecule has 0 saturated heterocycles. The van der Waals surface area contributed by atoms with E-state index in [9.17, 15) is 9.90 Å². The third kappa shape index (κ3) is 3.84. The van der Waals surface area contributed by atoms with Crippen LogP contribution in [0, 0.1) is 0 Å². The summed E-state index contributed by atoms with van der Waals surface area (Å²) in [4.78, 5) is 21.2. The zero-order chi connectivity index (χ0) is 14.4. The first-order chi connectivity index (χ1) is 9.72. The van der Waals surface area contributed by atoms with Crippen LogP contribution in [-0.2, 0) is 6.54 Å². The van der Waals surface area contributed by atoms with Crippen molar-refractivity contribution < 1.29 is 5.11 Å². The molecule has 0 amide bonds. The Hall–Kier alpha value is -1.31. The number of aromatic nitrogens is 3. The van der Waals surface area contributed by atoms with E-state index in [1.807, 2.05) is 0 Å². The van der Waals surface area contributed by atoms with Crippen LogP contribution in [0.2, 0.25) is 0 Å². The number of nitrogens with one attached hydrogen (secondary N) is 3. The molecule has 0 saturated carbocycles. The molecular formula is C13H20N4O2S. The lowest BCUT2D eigenvalue weighted by Crippen LogP contribution is -2.28. The van der Waals surface area contributed by atoms with Crippen LogP contribution in [0.1, 0.15) is 18.9 Å². The van der Waals surface area contributed by atoms with Crippen LogP contribution in [0.25, 0.3) is 11.0 Å². The van der Waals surface area contributed by atoms with Crippen molar-refractivity contribution in [3.05, 3.63) is 28.4 Å². The Morgan fingerprint density at radius 1 is 1.50 bits per heavy atom. The third-order valence-electron chi connectivity index (χ3n) is 2.90. The van der Waals surface area contributed by atoms with E-state index in [4.69, 9.17) is 0 Å². The van der Waals surface area contributed by atoms with Crippen molar-refractivity contribution in [2.75, 3.05) is 18.1 Å². The summed E-state index contributed by atoms with van der Waals surface area (Å²) in [5.41, 5.74) is 1.93. The molecule has 0 aliphatic heterocycles. The van der Waals surface area contributed by atoms with Gasteiger partial charge in [0, 0.05) is 30.6 Å². The molecule has 0 unspecified atom stereocenters. The molecule has 20 heavy (non-hydrogen) atoms. The van der Waals surface area contributed by atoms with Gasteiger partial charge in [-0.3, -0.25) is 4.79 Å². The molecule has 0 aliphatic carbocycles. The normalized spacial score (nSPS) is 12.9. The molecule has 110 valence electrons. The minimum absolute atomic E-state index is 0.169. The number of H-pyrrole nitrogens is 2. The Morgan fingerprint density at radius 3 is 3.15 bits per heavy atom. The van der Waals surface area contributed by atoms with Gasteiger partial charge in [0.25, 0.3) is 5.56 Å². The molecule has 2 rings (SSSR count). The summed E-state index contributed by atoms with van der Waals surface area (Å²) in [6.07, 6.45) is 3.95. The second-order valence-electron chi connectivity index (χ2n) is 4.63. The predicted octanol–water partition coefficient (Wildman–Crippen LogP) is 0.845. The molecular weight excluding hydrogens is 276 g/mol. The highest BCUT2D eigenvalue weighted by Crippen LogP contribution is 2.11. The van der Waals surface area contributed by atoms with E-state index in [-0.39, 0.29) is 11.7 Å². The third-order valence-corrected chi connectivity index (χ3v) is 4.22. The molecule has 0 bridgehead atoms. The highest BCUT2D eigenvalue weighted by atomic mass is 32.2. The first kappa shape index (κ1) is 15.1. The zero-order valence-electron chi connectivity index (χ0n) is 11.5. The Labute approximate surface area is 121 Å². The molecule has 2 heterocycles. The van der Waals surface area contributed by atoms with Crippen molar-refractivity contribution in [3.8, 4) is 0 Å². The van der Waals surface area contributed by atoms with Gasteiger partial charge in [-0.2, -0.15) is 11.8 Å². The molecule has 6 nitrogen and oxygen atoms in total. The molecule has 0 radical (unpaired) electrons. The Morgan fingerprint density at radius 2 is 2.35 bits per heavy atom. The number of hydrogen-bond donors (Lipinski definition) is 4. The van der Waals surface area contributed by atoms with Crippen molar-refractivity contribution in [1.82, 2.24) is 20.3 Å². The topological polar surface area (TPSA) is 93.8 Å². The zero-order valence-corrected chi connectivity index (χ0v) is 12.3. The molecule has 0 aliphatic rings. The van der Waals surface area contributed by atoms with Gasteiger partial charge >= 0.3 is 0 Å². The molecule has 0 spiro atoms. The van der Waals surface area contributed by atoms with Gasteiger partial charge in [0.05, 0.1) is 17.9 Å². The van der Waals surface area contributed by atoms with Crippen LogP contribution in [-0.4, -0.2) is 44.2 Å². The van der Waals surface area contributed by atoms with Gasteiger partial charge in [0.1, 0.15) is 5.52 Å². The average Bonchev–Trinajstić information content (AvgIpc) is 2.84. The van der Waals surface area contributed by atoms with E-state index in [1.54, 1.807) is 18.0 Å². The van der Waals surface area contributed by atoms with Gasteiger partial charge in [0.2, 0.25) is 0 Å². The van der Waals surface area contributed by atoms with E-state index < -0.39 is 0 Å². The SMILES string of the molecule is CCCSC[C@H](O)CNCc1c[nH]c2c(=O)[nH]cnc12. The van der Waals surface area contributed by atoms with Crippen molar-refractivity contribution >= 4 is 22.8 Å². The molecule has 2 aromatic rings. The number of aliphatic hydroxyl groups excluding tert-OH is 1. The van der Waals surface area contributed by atoms with E-state index >= 15 is 0 Å². The van der Waals surface area contributed by atoms with E-state index in [2.05, 4.69) is 27.2 Å². The lowest BCUT2D eigenvalue weighted by atomic mass is 10.3. The predicted molar refractivity (Wildman–Crippen MR) is 82.0 cm³/mol. The maximum Gasteiger partial charge on any atom is 0.275 e. The molecule has 0 aromatic carbocycles. The molecule has 1 atom stereocenters. The highest BCUT2D eigenvalue weighted by Gasteiger charge is 2.08. The number of fused-ring (bicyclic) bond motifs is 1. The smallest absolute Gasteiger partial charge is 0.275 e. The van der Waals surface area contributed by atoms with Gasteiger partial charge < -0.3 is 20.4 Å². The summed E-state index contributed by atoms with van der Waals surface area (Å²) >= 11 is 1.76. The van der Waals surface area contributed by atoms with Crippen molar-refractivity contribution in [1.29, 1.82) is 0 Å². The monoisotopic (exact) mass is 296 g/mol. The largest absolute Gasteiger partial charge is 0.391 e. The molecule has 4 N–H and O–H groups in total. The lowest BCUT2D eigenvalue weighted by Gasteiger charge is -2.10. The van der Waals surface area contributed by atoms with Crippen LogP contribution in [0.3, 0.4) is 0 Å². The van der Waals surface area contributed by atoms with Crippen LogP contribution >= 0.6 is 11.8 Å². The number of aromatic amines is 2. The minimum atomic E-state index is -0.354. The highest BCUT2D eigenvalue weighted by molar-refractivity contribution is 7.99. The fourth-order valence-electron chi connectivity index (χ4n) is 1.94. The Bertz CT molecular complexity index is 595. The second kappa shape index (κ2) is 7.47. The quantitative estimate of drug-likeness (QED) is 0.542. The maximum atomic E-state index is 11.5. The molecule has 7 heteroatoms. The molecule has 2 aromatic heterocycles. The number of thioether (sulfide) groups is 1. The maximum absolute atomic E-state index is 11.5. The number of hydrogen-bond acceptors (Lipinski definition) is 5. The minimum Gasteiger partial charge on any atom is -0.391 e. The van der Waals surface area contributed by atoms with Gasteiger partial charge in [-0.1, -0.05) is 6.92 Å².